The lowest BCUT2D eigenvalue weighted by Crippen LogP contribution is -2.40. The van der Waals surface area contributed by atoms with Gasteiger partial charge in [0, 0.05) is 54.8 Å². The van der Waals surface area contributed by atoms with Gasteiger partial charge in [-0.1, -0.05) is 30.3 Å². The number of Topliss-reactive ketones (excluding diaryl/α,β-unsaturated/α-hetero) is 1. The Morgan fingerprint density at radius 2 is 1.81 bits per heavy atom. The van der Waals surface area contributed by atoms with E-state index in [-0.39, 0.29) is 5.92 Å². The summed E-state index contributed by atoms with van der Waals surface area (Å²) in [5, 5.41) is 12.8. The first-order valence-electron chi connectivity index (χ1n) is 11.9. The summed E-state index contributed by atoms with van der Waals surface area (Å²) in [4.78, 5) is 16.5. The van der Waals surface area contributed by atoms with Gasteiger partial charge in [-0.05, 0) is 73.1 Å². The van der Waals surface area contributed by atoms with Gasteiger partial charge in [0.25, 0.3) is 0 Å². The van der Waals surface area contributed by atoms with E-state index in [0.29, 0.717) is 24.7 Å². The van der Waals surface area contributed by atoms with Crippen molar-refractivity contribution in [3.8, 4) is 0 Å². The predicted molar refractivity (Wildman–Crippen MR) is 130 cm³/mol. The number of anilines is 1. The molecule has 166 valence electrons. The number of ketones is 1. The number of rotatable bonds is 8. The molecule has 0 bridgehead atoms. The normalized spacial score (nSPS) is 21.4. The molecule has 5 rings (SSSR count). The minimum absolute atomic E-state index is 0.0482. The second kappa shape index (κ2) is 9.80. The van der Waals surface area contributed by atoms with Crippen molar-refractivity contribution >= 4 is 22.2 Å². The van der Waals surface area contributed by atoms with Crippen LogP contribution in [0.1, 0.15) is 36.3 Å². The van der Waals surface area contributed by atoms with Gasteiger partial charge in [-0.3, -0.25) is 9.78 Å². The molecule has 0 spiro atoms. The molecule has 2 atom stereocenters. The Hall–Kier alpha value is -2.76. The summed E-state index contributed by atoms with van der Waals surface area (Å²) in [6.45, 7) is 4.99. The number of carbonyl (C=O) groups excluding carboxylic acids is 1. The number of hydrogen-bond donors (Lipinski definition) is 3. The van der Waals surface area contributed by atoms with Gasteiger partial charge in [-0.2, -0.15) is 0 Å². The Kier molecular flexibility index (Phi) is 6.46. The van der Waals surface area contributed by atoms with Crippen molar-refractivity contribution in [1.82, 2.24) is 15.6 Å². The standard InChI is InChI=1S/C27H32N4O/c32-27-14-25(26(27)18-31-24-6-5-23-17-29-12-9-22(23)13-24)21-3-1-19(2-4-21)15-30-16-20-7-10-28-11-8-20/h1-6,9,12-13,17,20,25-26,28,30-31H,7-8,10-11,14-16,18H2. The van der Waals surface area contributed by atoms with Crippen LogP contribution in [0.3, 0.4) is 0 Å². The molecule has 3 aromatic rings. The Bertz CT molecular complexity index is 1060. The van der Waals surface area contributed by atoms with Crippen molar-refractivity contribution < 1.29 is 4.79 Å². The lowest BCUT2D eigenvalue weighted by atomic mass is 9.68. The minimum atomic E-state index is 0.0482. The highest BCUT2D eigenvalue weighted by Gasteiger charge is 2.40. The van der Waals surface area contributed by atoms with E-state index in [2.05, 4.69) is 63.4 Å². The molecular formula is C27H32N4O. The van der Waals surface area contributed by atoms with Crippen LogP contribution in [0.15, 0.2) is 60.9 Å². The third-order valence-electron chi connectivity index (χ3n) is 7.12. The van der Waals surface area contributed by atoms with E-state index in [0.717, 1.165) is 48.6 Å². The lowest BCUT2D eigenvalue weighted by Gasteiger charge is -2.36. The smallest absolute Gasteiger partial charge is 0.138 e. The largest absolute Gasteiger partial charge is 0.384 e. The molecule has 5 nitrogen and oxygen atoms in total. The molecule has 1 aromatic heterocycles. The van der Waals surface area contributed by atoms with Gasteiger partial charge in [0.2, 0.25) is 0 Å². The van der Waals surface area contributed by atoms with Gasteiger partial charge in [0.05, 0.1) is 0 Å². The number of aromatic nitrogens is 1. The summed E-state index contributed by atoms with van der Waals surface area (Å²) in [6, 6.07) is 17.1. The van der Waals surface area contributed by atoms with Crippen molar-refractivity contribution in [2.75, 3.05) is 31.5 Å². The zero-order chi connectivity index (χ0) is 21.8. The van der Waals surface area contributed by atoms with Crippen molar-refractivity contribution in [3.05, 3.63) is 72.1 Å². The Balaban J connectivity index is 1.14. The number of nitrogens with zero attached hydrogens (tertiary/aromatic N) is 1. The Labute approximate surface area is 190 Å². The average Bonchev–Trinajstić information content (AvgIpc) is 2.84. The van der Waals surface area contributed by atoms with Crippen LogP contribution in [0.2, 0.25) is 0 Å². The molecule has 0 radical (unpaired) electrons. The van der Waals surface area contributed by atoms with Crippen molar-refractivity contribution in [3.63, 3.8) is 0 Å². The second-order valence-electron chi connectivity index (χ2n) is 9.27. The fourth-order valence-corrected chi connectivity index (χ4v) is 4.99. The van der Waals surface area contributed by atoms with Gasteiger partial charge in [0.1, 0.15) is 5.78 Å². The number of fused-ring (bicyclic) bond motifs is 1. The number of piperidine rings is 1. The fourth-order valence-electron chi connectivity index (χ4n) is 4.99. The SMILES string of the molecule is O=C1CC(c2ccc(CNCC3CCNCC3)cc2)C1CNc1ccc2cnccc2c1. The van der Waals surface area contributed by atoms with E-state index in [1.807, 2.05) is 18.5 Å². The molecule has 2 aliphatic rings. The summed E-state index contributed by atoms with van der Waals surface area (Å²) in [5.41, 5.74) is 3.65. The predicted octanol–water partition coefficient (Wildman–Crippen LogP) is 4.11. The first-order valence-corrected chi connectivity index (χ1v) is 11.9. The number of nitrogens with one attached hydrogen (secondary N) is 3. The molecular weight excluding hydrogens is 396 g/mol. The van der Waals surface area contributed by atoms with Crippen molar-refractivity contribution in [1.29, 1.82) is 0 Å². The molecule has 32 heavy (non-hydrogen) atoms. The van der Waals surface area contributed by atoms with Gasteiger partial charge in [-0.25, -0.2) is 0 Å². The van der Waals surface area contributed by atoms with Crippen LogP contribution in [0.5, 0.6) is 0 Å². The average molecular weight is 429 g/mol. The topological polar surface area (TPSA) is 66.1 Å². The number of hydrogen-bond acceptors (Lipinski definition) is 5. The highest BCUT2D eigenvalue weighted by atomic mass is 16.1. The minimum Gasteiger partial charge on any atom is -0.384 e. The van der Waals surface area contributed by atoms with Gasteiger partial charge in [-0.15, -0.1) is 0 Å². The van der Waals surface area contributed by atoms with Crippen LogP contribution in [0.4, 0.5) is 5.69 Å². The van der Waals surface area contributed by atoms with E-state index >= 15 is 0 Å². The molecule has 2 heterocycles. The molecule has 1 saturated carbocycles. The van der Waals surface area contributed by atoms with Crippen molar-refractivity contribution in [2.24, 2.45) is 11.8 Å². The fraction of sp³-hybridized carbons (Fsp3) is 0.407. The number of pyridine rings is 1. The maximum absolute atomic E-state index is 12.3. The van der Waals surface area contributed by atoms with Gasteiger partial charge < -0.3 is 16.0 Å². The first-order chi connectivity index (χ1) is 15.8. The first kappa shape index (κ1) is 21.1. The number of benzene rings is 2. The quantitative estimate of drug-likeness (QED) is 0.504. The molecule has 2 aromatic carbocycles. The monoisotopic (exact) mass is 428 g/mol. The summed E-state index contributed by atoms with van der Waals surface area (Å²) < 4.78 is 0. The molecule has 1 aliphatic heterocycles. The highest BCUT2D eigenvalue weighted by Crippen LogP contribution is 2.39. The molecule has 2 fully saturated rings. The summed E-state index contributed by atoms with van der Waals surface area (Å²) >= 11 is 0. The number of carbonyl (C=O) groups is 1. The van der Waals surface area contributed by atoms with Crippen molar-refractivity contribution in [2.45, 2.75) is 31.7 Å². The molecule has 5 heteroatoms. The molecule has 0 amide bonds. The van der Waals surface area contributed by atoms with E-state index < -0.39 is 0 Å². The van der Waals surface area contributed by atoms with E-state index in [1.54, 1.807) is 0 Å². The maximum Gasteiger partial charge on any atom is 0.138 e. The van der Waals surface area contributed by atoms with Crippen LogP contribution in [0.25, 0.3) is 10.8 Å². The van der Waals surface area contributed by atoms with E-state index in [1.165, 1.54) is 24.0 Å². The molecule has 2 unspecified atom stereocenters. The zero-order valence-electron chi connectivity index (χ0n) is 18.5. The molecule has 1 aliphatic carbocycles. The van der Waals surface area contributed by atoms with E-state index in [4.69, 9.17) is 0 Å². The molecule has 1 saturated heterocycles. The lowest BCUT2D eigenvalue weighted by molar-refractivity contribution is -0.130. The highest BCUT2D eigenvalue weighted by molar-refractivity contribution is 5.90. The van der Waals surface area contributed by atoms with Crippen LogP contribution >= 0.6 is 0 Å². The van der Waals surface area contributed by atoms with Gasteiger partial charge >= 0.3 is 0 Å². The zero-order valence-corrected chi connectivity index (χ0v) is 18.5. The van der Waals surface area contributed by atoms with Crippen LogP contribution in [-0.4, -0.2) is 36.9 Å². The summed E-state index contributed by atoms with van der Waals surface area (Å²) in [7, 11) is 0. The molecule has 3 N–H and O–H groups in total. The van der Waals surface area contributed by atoms with Crippen LogP contribution in [-0.2, 0) is 11.3 Å². The Morgan fingerprint density at radius 3 is 2.62 bits per heavy atom. The third-order valence-corrected chi connectivity index (χ3v) is 7.12. The van der Waals surface area contributed by atoms with E-state index in [9.17, 15) is 4.79 Å². The third kappa shape index (κ3) is 4.84. The Morgan fingerprint density at radius 1 is 0.969 bits per heavy atom. The maximum atomic E-state index is 12.3. The van der Waals surface area contributed by atoms with Gasteiger partial charge in [0.15, 0.2) is 0 Å². The van der Waals surface area contributed by atoms with Crippen LogP contribution in [0, 0.1) is 11.8 Å². The second-order valence-corrected chi connectivity index (χ2v) is 9.27. The summed E-state index contributed by atoms with van der Waals surface area (Å²) in [5.74, 6) is 1.52. The van der Waals surface area contributed by atoms with Crippen LogP contribution < -0.4 is 16.0 Å². The summed E-state index contributed by atoms with van der Waals surface area (Å²) in [6.07, 6.45) is 6.88.